The van der Waals surface area contributed by atoms with Crippen molar-refractivity contribution in [2.45, 2.75) is 57.9 Å². The first kappa shape index (κ1) is 24.7. The maximum Gasteiger partial charge on any atom is 0.246 e. The second-order valence-corrected chi connectivity index (χ2v) is 9.80. The zero-order valence-electron chi connectivity index (χ0n) is 17.0. The minimum atomic E-state index is -3.70. The van der Waals surface area contributed by atoms with Crippen LogP contribution in [-0.4, -0.2) is 44.4 Å². The number of carbonyl (C=O) groups excluding carboxylic acids is 1. The molecule has 160 valence electrons. The fraction of sp³-hybridized carbons (Fsp3) is 0.632. The number of hydrogen-bond acceptors (Lipinski definition) is 5. The zero-order chi connectivity index (χ0) is 20.2. The number of nitrogens with zero attached hydrogens (tertiary/aromatic N) is 1. The topological polar surface area (TPSA) is 102 Å². The summed E-state index contributed by atoms with van der Waals surface area (Å²) in [6, 6.07) is 3.96. The van der Waals surface area contributed by atoms with Crippen LogP contribution in [0.5, 0.6) is 5.75 Å². The first-order chi connectivity index (χ1) is 12.6. The van der Waals surface area contributed by atoms with Crippen LogP contribution >= 0.6 is 12.4 Å². The first-order valence-corrected chi connectivity index (χ1v) is 10.8. The van der Waals surface area contributed by atoms with Gasteiger partial charge >= 0.3 is 0 Å². The summed E-state index contributed by atoms with van der Waals surface area (Å²) in [5.74, 6) is -0.0610. The lowest BCUT2D eigenvalue weighted by Crippen LogP contribution is -2.45. The highest BCUT2D eigenvalue weighted by Crippen LogP contribution is 2.31. The second kappa shape index (κ2) is 9.91. The number of nitrogens with one attached hydrogen (secondary N) is 1. The largest absolute Gasteiger partial charge is 0.492 e. The van der Waals surface area contributed by atoms with Crippen LogP contribution in [0.4, 0.5) is 5.69 Å². The van der Waals surface area contributed by atoms with E-state index in [0.717, 1.165) is 19.3 Å². The molecule has 1 saturated heterocycles. The molecule has 0 aromatic heterocycles. The third-order valence-corrected chi connectivity index (χ3v) is 6.58. The third kappa shape index (κ3) is 5.83. The average molecular weight is 434 g/mol. The van der Waals surface area contributed by atoms with Crippen molar-refractivity contribution in [1.29, 1.82) is 0 Å². The van der Waals surface area contributed by atoms with E-state index in [1.807, 2.05) is 20.8 Å². The van der Waals surface area contributed by atoms with Gasteiger partial charge < -0.3 is 15.8 Å². The molecular formula is C19H32ClN3O4S. The molecule has 1 aromatic carbocycles. The van der Waals surface area contributed by atoms with E-state index in [0.29, 0.717) is 31.1 Å². The lowest BCUT2D eigenvalue weighted by atomic mass is 9.87. The van der Waals surface area contributed by atoms with E-state index in [9.17, 15) is 13.2 Å². The molecule has 9 heteroatoms. The number of halogens is 1. The van der Waals surface area contributed by atoms with Crippen molar-refractivity contribution in [1.82, 2.24) is 4.31 Å². The van der Waals surface area contributed by atoms with Crippen LogP contribution < -0.4 is 15.8 Å². The van der Waals surface area contributed by atoms with E-state index >= 15 is 0 Å². The van der Waals surface area contributed by atoms with Gasteiger partial charge in [-0.05, 0) is 43.4 Å². The summed E-state index contributed by atoms with van der Waals surface area (Å²) < 4.78 is 33.3. The predicted molar refractivity (Wildman–Crippen MR) is 114 cm³/mol. The molecule has 1 aliphatic heterocycles. The van der Waals surface area contributed by atoms with Crippen molar-refractivity contribution in [2.24, 2.45) is 11.1 Å². The monoisotopic (exact) mass is 433 g/mol. The Morgan fingerprint density at radius 3 is 2.39 bits per heavy atom. The summed E-state index contributed by atoms with van der Waals surface area (Å²) in [7, 11) is -3.70. The standard InChI is InChI=1S/C19H31N3O4S.ClH/c1-5-26-15-10-9-14(21-18(23)17(20)19(2,3)4)13-16(15)27(24,25)22-11-7-6-8-12-22;/h9-10,13,17H,5-8,11-12,20H2,1-4H3,(H,21,23);1H/t17-;/m1./s1. The van der Waals surface area contributed by atoms with Gasteiger partial charge in [0.2, 0.25) is 15.9 Å². The Hall–Kier alpha value is -1.35. The summed E-state index contributed by atoms with van der Waals surface area (Å²) >= 11 is 0. The number of hydrogen-bond donors (Lipinski definition) is 2. The Balaban J connectivity index is 0.00000392. The molecule has 0 radical (unpaired) electrons. The summed E-state index contributed by atoms with van der Waals surface area (Å²) in [4.78, 5) is 12.5. The minimum absolute atomic E-state index is 0. The molecule has 7 nitrogen and oxygen atoms in total. The highest BCUT2D eigenvalue weighted by Gasteiger charge is 2.31. The van der Waals surface area contributed by atoms with Crippen molar-refractivity contribution in [3.8, 4) is 5.75 Å². The van der Waals surface area contributed by atoms with Crippen LogP contribution in [0.1, 0.15) is 47.0 Å². The van der Waals surface area contributed by atoms with Crippen molar-refractivity contribution in [3.63, 3.8) is 0 Å². The number of rotatable bonds is 6. The summed E-state index contributed by atoms with van der Waals surface area (Å²) in [6.07, 6.45) is 2.73. The number of amides is 1. The number of sulfonamides is 1. The lowest BCUT2D eigenvalue weighted by molar-refractivity contribution is -0.119. The quantitative estimate of drug-likeness (QED) is 0.717. The highest BCUT2D eigenvalue weighted by atomic mass is 35.5. The molecule has 0 spiro atoms. The Bertz CT molecular complexity index is 772. The number of carbonyl (C=O) groups is 1. The summed E-state index contributed by atoms with van der Waals surface area (Å²) in [5, 5.41) is 2.73. The molecular weight excluding hydrogens is 402 g/mol. The molecule has 1 atom stereocenters. The van der Waals surface area contributed by atoms with E-state index in [2.05, 4.69) is 5.32 Å². The first-order valence-electron chi connectivity index (χ1n) is 9.41. The van der Waals surface area contributed by atoms with Crippen LogP contribution in [0.15, 0.2) is 23.1 Å². The Kier molecular flexibility index (Phi) is 8.74. The smallest absolute Gasteiger partial charge is 0.246 e. The lowest BCUT2D eigenvalue weighted by Gasteiger charge is -2.27. The average Bonchev–Trinajstić information content (AvgIpc) is 2.62. The van der Waals surface area contributed by atoms with Crippen molar-refractivity contribution < 1.29 is 17.9 Å². The molecule has 0 saturated carbocycles. The molecule has 0 aliphatic carbocycles. The Morgan fingerprint density at radius 2 is 1.86 bits per heavy atom. The van der Waals surface area contributed by atoms with Gasteiger partial charge in [0.15, 0.2) is 0 Å². The van der Waals surface area contributed by atoms with Crippen LogP contribution in [0, 0.1) is 5.41 Å². The van der Waals surface area contributed by atoms with E-state index in [4.69, 9.17) is 10.5 Å². The normalized spacial score (nSPS) is 16.8. The zero-order valence-corrected chi connectivity index (χ0v) is 18.7. The maximum atomic E-state index is 13.1. The third-order valence-electron chi connectivity index (χ3n) is 4.66. The molecule has 0 unspecified atom stereocenters. The predicted octanol–water partition coefficient (Wildman–Crippen LogP) is 2.99. The van der Waals surface area contributed by atoms with Gasteiger partial charge in [0, 0.05) is 18.8 Å². The summed E-state index contributed by atoms with van der Waals surface area (Å²) in [5.41, 5.74) is 5.98. The maximum absolute atomic E-state index is 13.1. The Labute approximate surface area is 174 Å². The molecule has 1 aliphatic rings. The van der Waals surface area contributed by atoms with Gasteiger partial charge in [0.05, 0.1) is 12.6 Å². The molecule has 1 heterocycles. The van der Waals surface area contributed by atoms with Gasteiger partial charge in [-0.1, -0.05) is 27.2 Å². The van der Waals surface area contributed by atoms with Gasteiger partial charge in [0.1, 0.15) is 10.6 Å². The number of ether oxygens (including phenoxy) is 1. The highest BCUT2D eigenvalue weighted by molar-refractivity contribution is 7.89. The molecule has 1 aromatic rings. The minimum Gasteiger partial charge on any atom is -0.492 e. The molecule has 0 bridgehead atoms. The molecule has 28 heavy (non-hydrogen) atoms. The van der Waals surface area contributed by atoms with Gasteiger partial charge in [-0.25, -0.2) is 8.42 Å². The van der Waals surface area contributed by atoms with E-state index in [1.54, 1.807) is 19.1 Å². The van der Waals surface area contributed by atoms with Crippen molar-refractivity contribution in [2.75, 3.05) is 25.0 Å². The van der Waals surface area contributed by atoms with Gasteiger partial charge in [-0.2, -0.15) is 4.31 Å². The van der Waals surface area contributed by atoms with E-state index < -0.39 is 21.5 Å². The number of piperidine rings is 1. The number of benzene rings is 1. The molecule has 1 fully saturated rings. The van der Waals surface area contributed by atoms with Crippen LogP contribution in [-0.2, 0) is 14.8 Å². The van der Waals surface area contributed by atoms with Crippen LogP contribution in [0.3, 0.4) is 0 Å². The van der Waals surface area contributed by atoms with Crippen LogP contribution in [0.2, 0.25) is 0 Å². The number of anilines is 1. The van der Waals surface area contributed by atoms with Crippen LogP contribution in [0.25, 0.3) is 0 Å². The van der Waals surface area contributed by atoms with E-state index in [-0.39, 0.29) is 23.2 Å². The fourth-order valence-corrected chi connectivity index (χ4v) is 4.59. The van der Waals surface area contributed by atoms with E-state index in [1.165, 1.54) is 10.4 Å². The molecule has 1 amide bonds. The summed E-state index contributed by atoms with van der Waals surface area (Å²) in [6.45, 7) is 8.78. The van der Waals surface area contributed by atoms with Gasteiger partial charge in [-0.3, -0.25) is 4.79 Å². The van der Waals surface area contributed by atoms with Crippen molar-refractivity contribution >= 4 is 34.0 Å². The van der Waals surface area contributed by atoms with Crippen molar-refractivity contribution in [3.05, 3.63) is 18.2 Å². The molecule has 3 N–H and O–H groups in total. The fourth-order valence-electron chi connectivity index (χ4n) is 2.92. The molecule has 2 rings (SSSR count). The van der Waals surface area contributed by atoms with Gasteiger partial charge in [-0.15, -0.1) is 12.4 Å². The Morgan fingerprint density at radius 1 is 1.25 bits per heavy atom. The second-order valence-electron chi connectivity index (χ2n) is 7.89. The number of nitrogens with two attached hydrogens (primary N) is 1. The van der Waals surface area contributed by atoms with Gasteiger partial charge in [0.25, 0.3) is 0 Å². The SMILES string of the molecule is CCOc1ccc(NC(=O)[C@@H](N)C(C)(C)C)cc1S(=O)(=O)N1CCCCC1.Cl.